The standard InChI is InChI=1S/C26H24N6O/c1-18-23(19(2)30-16-20-8-12-32-13-11-29-26(32)14-20)4-3-5-24(18)33-22-7-10-28-25(15-22)31-21-6-9-27-17-21/h3-8,10-15,17,30H,2,9,16H2,1H3,(H,28,31). The molecule has 1 aliphatic heterocycles. The second-order valence-electron chi connectivity index (χ2n) is 7.75. The molecule has 1 aromatic carbocycles. The van der Waals surface area contributed by atoms with Crippen LogP contribution in [0.1, 0.15) is 16.7 Å². The average Bonchev–Trinajstić information content (AvgIpc) is 3.51. The highest BCUT2D eigenvalue weighted by Gasteiger charge is 2.10. The van der Waals surface area contributed by atoms with Gasteiger partial charge in [-0.15, -0.1) is 0 Å². The molecule has 3 aromatic heterocycles. The van der Waals surface area contributed by atoms with Gasteiger partial charge in [-0.2, -0.15) is 0 Å². The number of allylic oxidation sites excluding steroid dienone is 1. The number of fused-ring (bicyclic) bond motifs is 1. The van der Waals surface area contributed by atoms with Crippen LogP contribution in [0.5, 0.6) is 11.5 Å². The summed E-state index contributed by atoms with van der Waals surface area (Å²) in [6, 6.07) is 13.8. The molecule has 5 rings (SSSR count). The Morgan fingerprint density at radius 1 is 1.12 bits per heavy atom. The van der Waals surface area contributed by atoms with Crippen molar-refractivity contribution in [3.63, 3.8) is 0 Å². The molecule has 1 aliphatic rings. The van der Waals surface area contributed by atoms with Crippen molar-refractivity contribution < 1.29 is 4.74 Å². The number of hydrogen-bond donors (Lipinski definition) is 2. The Labute approximate surface area is 192 Å². The number of pyridine rings is 2. The van der Waals surface area contributed by atoms with E-state index in [2.05, 4.69) is 44.3 Å². The Balaban J connectivity index is 1.28. The van der Waals surface area contributed by atoms with Crippen molar-refractivity contribution in [2.75, 3.05) is 11.9 Å². The van der Waals surface area contributed by atoms with Gasteiger partial charge in [0.2, 0.25) is 0 Å². The lowest BCUT2D eigenvalue weighted by Gasteiger charge is -2.16. The third-order valence-electron chi connectivity index (χ3n) is 5.46. The van der Waals surface area contributed by atoms with Crippen molar-refractivity contribution in [3.8, 4) is 11.5 Å². The van der Waals surface area contributed by atoms with Crippen LogP contribution in [0.4, 0.5) is 5.82 Å². The van der Waals surface area contributed by atoms with Crippen LogP contribution in [0.3, 0.4) is 0 Å². The molecule has 7 heteroatoms. The van der Waals surface area contributed by atoms with Crippen LogP contribution < -0.4 is 15.4 Å². The van der Waals surface area contributed by atoms with Crippen molar-refractivity contribution in [3.05, 3.63) is 102 Å². The monoisotopic (exact) mass is 436 g/mol. The van der Waals surface area contributed by atoms with Crippen LogP contribution >= 0.6 is 0 Å². The summed E-state index contributed by atoms with van der Waals surface area (Å²) in [5, 5.41) is 6.67. The van der Waals surface area contributed by atoms with Crippen molar-refractivity contribution in [2.45, 2.75) is 13.5 Å². The number of ether oxygens (including phenoxy) is 1. The van der Waals surface area contributed by atoms with Gasteiger partial charge in [-0.1, -0.05) is 18.7 Å². The quantitative estimate of drug-likeness (QED) is 0.408. The predicted molar refractivity (Wildman–Crippen MR) is 132 cm³/mol. The van der Waals surface area contributed by atoms with E-state index < -0.39 is 0 Å². The van der Waals surface area contributed by atoms with Crippen LogP contribution in [0.25, 0.3) is 11.3 Å². The summed E-state index contributed by atoms with van der Waals surface area (Å²) in [5.41, 5.74) is 5.86. The van der Waals surface area contributed by atoms with Gasteiger partial charge in [-0.05, 0) is 42.8 Å². The Kier molecular flexibility index (Phi) is 5.59. The Bertz CT molecular complexity index is 1380. The zero-order valence-corrected chi connectivity index (χ0v) is 18.3. The maximum absolute atomic E-state index is 6.19. The summed E-state index contributed by atoms with van der Waals surface area (Å²) in [5.74, 6) is 2.18. The minimum absolute atomic E-state index is 0.658. The van der Waals surface area contributed by atoms with E-state index >= 15 is 0 Å². The Hall–Kier alpha value is -4.39. The van der Waals surface area contributed by atoms with Gasteiger partial charge >= 0.3 is 0 Å². The highest BCUT2D eigenvalue weighted by molar-refractivity contribution is 5.84. The molecular formula is C26H24N6O. The number of rotatable bonds is 8. The summed E-state index contributed by atoms with van der Waals surface area (Å²) in [6.45, 7) is 7.64. The van der Waals surface area contributed by atoms with E-state index in [0.717, 1.165) is 39.5 Å². The lowest BCUT2D eigenvalue weighted by atomic mass is 10.1. The predicted octanol–water partition coefficient (Wildman–Crippen LogP) is 4.97. The molecule has 0 aliphatic carbocycles. The van der Waals surface area contributed by atoms with Gasteiger partial charge in [-0.3, -0.25) is 4.99 Å². The first-order valence-corrected chi connectivity index (χ1v) is 10.7. The largest absolute Gasteiger partial charge is 0.457 e. The van der Waals surface area contributed by atoms with Gasteiger partial charge < -0.3 is 19.8 Å². The first-order valence-electron chi connectivity index (χ1n) is 10.7. The highest BCUT2D eigenvalue weighted by Crippen LogP contribution is 2.30. The van der Waals surface area contributed by atoms with E-state index in [1.807, 2.05) is 60.1 Å². The summed E-state index contributed by atoms with van der Waals surface area (Å²) in [4.78, 5) is 12.9. The van der Waals surface area contributed by atoms with Crippen LogP contribution in [0.2, 0.25) is 0 Å². The smallest absolute Gasteiger partial charge is 0.136 e. The molecule has 0 spiro atoms. The number of nitrogens with one attached hydrogen (secondary N) is 2. The van der Waals surface area contributed by atoms with Gasteiger partial charge in [0.05, 0.1) is 12.2 Å². The van der Waals surface area contributed by atoms with Crippen molar-refractivity contribution >= 4 is 23.4 Å². The third-order valence-corrected chi connectivity index (χ3v) is 5.46. The zero-order chi connectivity index (χ0) is 22.6. The zero-order valence-electron chi connectivity index (χ0n) is 18.3. The molecular weight excluding hydrogens is 412 g/mol. The number of aromatic nitrogens is 3. The van der Waals surface area contributed by atoms with E-state index in [-0.39, 0.29) is 0 Å². The number of aliphatic imine (C=N–C) groups is 1. The van der Waals surface area contributed by atoms with Crippen LogP contribution in [0.15, 0.2) is 90.6 Å². The van der Waals surface area contributed by atoms with Gasteiger partial charge in [0, 0.05) is 60.4 Å². The van der Waals surface area contributed by atoms with Gasteiger partial charge in [-0.25, -0.2) is 9.97 Å². The molecule has 0 bridgehead atoms. The van der Waals surface area contributed by atoms with Crippen LogP contribution in [0, 0.1) is 6.92 Å². The first kappa shape index (κ1) is 20.5. The van der Waals surface area contributed by atoms with Crippen molar-refractivity contribution in [1.82, 2.24) is 19.7 Å². The molecule has 33 heavy (non-hydrogen) atoms. The normalized spacial score (nSPS) is 12.6. The lowest BCUT2D eigenvalue weighted by molar-refractivity contribution is 0.478. The van der Waals surface area contributed by atoms with Crippen LogP contribution in [-0.2, 0) is 6.54 Å². The summed E-state index contributed by atoms with van der Waals surface area (Å²) in [6.07, 6.45) is 11.3. The summed E-state index contributed by atoms with van der Waals surface area (Å²) in [7, 11) is 0. The molecule has 2 N–H and O–H groups in total. The lowest BCUT2D eigenvalue weighted by Crippen LogP contribution is -2.12. The molecule has 164 valence electrons. The van der Waals surface area contributed by atoms with Crippen LogP contribution in [-0.4, -0.2) is 27.1 Å². The Morgan fingerprint density at radius 2 is 2.06 bits per heavy atom. The molecule has 7 nitrogen and oxygen atoms in total. The van der Waals surface area contributed by atoms with E-state index in [9.17, 15) is 0 Å². The SMILES string of the molecule is C=C(NCc1ccn2ccnc2c1)c1cccc(Oc2ccnc(NC3=CCN=C3)c2)c1C. The Morgan fingerprint density at radius 3 is 2.94 bits per heavy atom. The average molecular weight is 437 g/mol. The highest BCUT2D eigenvalue weighted by atomic mass is 16.5. The second-order valence-corrected chi connectivity index (χ2v) is 7.75. The fourth-order valence-electron chi connectivity index (χ4n) is 3.67. The maximum atomic E-state index is 6.19. The molecule has 4 heterocycles. The topological polar surface area (TPSA) is 75.8 Å². The number of imidazole rings is 1. The minimum Gasteiger partial charge on any atom is -0.457 e. The van der Waals surface area contributed by atoms with E-state index in [1.165, 1.54) is 0 Å². The maximum Gasteiger partial charge on any atom is 0.136 e. The molecule has 0 saturated heterocycles. The molecule has 4 aromatic rings. The first-order chi connectivity index (χ1) is 16.2. The molecule has 0 fully saturated rings. The van der Waals surface area contributed by atoms with Crippen molar-refractivity contribution in [1.29, 1.82) is 0 Å². The second kappa shape index (κ2) is 9.00. The fraction of sp³-hybridized carbons (Fsp3) is 0.115. The van der Waals surface area contributed by atoms with Gasteiger partial charge in [0.1, 0.15) is 23.0 Å². The van der Waals surface area contributed by atoms with E-state index in [0.29, 0.717) is 24.7 Å². The molecule has 0 atom stereocenters. The fourth-order valence-corrected chi connectivity index (χ4v) is 3.67. The minimum atomic E-state index is 0.658. The number of benzene rings is 1. The number of nitrogens with zero attached hydrogens (tertiary/aromatic N) is 4. The van der Waals surface area contributed by atoms with Gasteiger partial charge in [0.15, 0.2) is 0 Å². The molecule has 0 radical (unpaired) electrons. The summed E-state index contributed by atoms with van der Waals surface area (Å²) < 4.78 is 8.18. The molecule has 0 unspecified atom stereocenters. The number of anilines is 1. The summed E-state index contributed by atoms with van der Waals surface area (Å²) >= 11 is 0. The van der Waals surface area contributed by atoms with E-state index in [1.54, 1.807) is 18.6 Å². The number of hydrogen-bond acceptors (Lipinski definition) is 6. The van der Waals surface area contributed by atoms with Crippen molar-refractivity contribution in [2.24, 2.45) is 4.99 Å². The van der Waals surface area contributed by atoms with E-state index in [4.69, 9.17) is 4.74 Å². The van der Waals surface area contributed by atoms with Gasteiger partial charge in [0.25, 0.3) is 0 Å². The third kappa shape index (κ3) is 4.62. The molecule has 0 amide bonds. The molecule has 0 saturated carbocycles.